The SMILES string of the molecule is CC1CCCC(NC(C)C(=O)NC(C)(C)C)CC1. The standard InChI is InChI=1S/C15H30N2O/c1-11-7-6-8-13(10-9-11)16-12(2)14(18)17-15(3,4)5/h11-13,16H,6-10H2,1-5H3,(H,17,18). The molecule has 0 bridgehead atoms. The second-order valence-corrected chi connectivity index (χ2v) is 6.94. The second kappa shape index (κ2) is 6.55. The van der Waals surface area contributed by atoms with Crippen LogP contribution in [-0.2, 0) is 4.79 Å². The molecule has 1 aliphatic rings. The number of hydrogen-bond donors (Lipinski definition) is 2. The van der Waals surface area contributed by atoms with E-state index in [1.54, 1.807) is 0 Å². The molecule has 3 atom stereocenters. The highest BCUT2D eigenvalue weighted by Crippen LogP contribution is 2.22. The maximum atomic E-state index is 12.0. The zero-order chi connectivity index (χ0) is 13.8. The van der Waals surface area contributed by atoms with E-state index in [0.29, 0.717) is 6.04 Å². The third-order valence-electron chi connectivity index (χ3n) is 3.63. The van der Waals surface area contributed by atoms with E-state index >= 15 is 0 Å². The Labute approximate surface area is 112 Å². The van der Waals surface area contributed by atoms with Gasteiger partial charge in [0, 0.05) is 11.6 Å². The maximum Gasteiger partial charge on any atom is 0.237 e. The van der Waals surface area contributed by atoms with Crippen molar-refractivity contribution in [3.8, 4) is 0 Å². The lowest BCUT2D eigenvalue weighted by Crippen LogP contribution is -2.51. The maximum absolute atomic E-state index is 12.0. The Kier molecular flexibility index (Phi) is 5.64. The van der Waals surface area contributed by atoms with Crippen molar-refractivity contribution in [3.05, 3.63) is 0 Å². The molecule has 0 radical (unpaired) electrons. The molecule has 3 heteroatoms. The van der Waals surface area contributed by atoms with E-state index in [0.717, 1.165) is 5.92 Å². The van der Waals surface area contributed by atoms with Crippen molar-refractivity contribution in [2.75, 3.05) is 0 Å². The first-order chi connectivity index (χ1) is 8.28. The summed E-state index contributed by atoms with van der Waals surface area (Å²) >= 11 is 0. The molecule has 1 saturated carbocycles. The quantitative estimate of drug-likeness (QED) is 0.760. The first kappa shape index (κ1) is 15.5. The Balaban J connectivity index is 2.39. The van der Waals surface area contributed by atoms with Gasteiger partial charge in [-0.15, -0.1) is 0 Å². The minimum absolute atomic E-state index is 0.0948. The van der Waals surface area contributed by atoms with Gasteiger partial charge in [0.2, 0.25) is 5.91 Å². The fraction of sp³-hybridized carbons (Fsp3) is 0.933. The van der Waals surface area contributed by atoms with Crippen LogP contribution in [0.25, 0.3) is 0 Å². The van der Waals surface area contributed by atoms with Gasteiger partial charge in [0.05, 0.1) is 6.04 Å². The van der Waals surface area contributed by atoms with Crippen molar-refractivity contribution in [1.29, 1.82) is 0 Å². The molecule has 106 valence electrons. The summed E-state index contributed by atoms with van der Waals surface area (Å²) in [5.41, 5.74) is -0.148. The van der Waals surface area contributed by atoms with Gasteiger partial charge >= 0.3 is 0 Å². The van der Waals surface area contributed by atoms with Crippen molar-refractivity contribution >= 4 is 5.91 Å². The minimum atomic E-state index is -0.148. The molecule has 0 aromatic heterocycles. The van der Waals surface area contributed by atoms with Crippen LogP contribution in [0.2, 0.25) is 0 Å². The monoisotopic (exact) mass is 254 g/mol. The second-order valence-electron chi connectivity index (χ2n) is 6.94. The molecule has 0 spiro atoms. The van der Waals surface area contributed by atoms with Gasteiger partial charge in [0.1, 0.15) is 0 Å². The lowest BCUT2D eigenvalue weighted by atomic mass is 10.0. The molecule has 1 amide bonds. The Morgan fingerprint density at radius 1 is 1.17 bits per heavy atom. The van der Waals surface area contributed by atoms with Crippen molar-refractivity contribution in [3.63, 3.8) is 0 Å². The Hall–Kier alpha value is -0.570. The highest BCUT2D eigenvalue weighted by molar-refractivity contribution is 5.81. The number of hydrogen-bond acceptors (Lipinski definition) is 2. The van der Waals surface area contributed by atoms with Gasteiger partial charge in [-0.05, 0) is 52.9 Å². The summed E-state index contributed by atoms with van der Waals surface area (Å²) in [6, 6.07) is 0.415. The predicted molar refractivity (Wildman–Crippen MR) is 76.5 cm³/mol. The van der Waals surface area contributed by atoms with Gasteiger partial charge in [-0.2, -0.15) is 0 Å². The topological polar surface area (TPSA) is 41.1 Å². The van der Waals surface area contributed by atoms with E-state index in [1.807, 2.05) is 27.7 Å². The molecular weight excluding hydrogens is 224 g/mol. The molecular formula is C15H30N2O. The summed E-state index contributed by atoms with van der Waals surface area (Å²) < 4.78 is 0. The van der Waals surface area contributed by atoms with E-state index in [4.69, 9.17) is 0 Å². The van der Waals surface area contributed by atoms with Crippen LogP contribution >= 0.6 is 0 Å². The van der Waals surface area contributed by atoms with E-state index in [9.17, 15) is 4.79 Å². The summed E-state index contributed by atoms with van der Waals surface area (Å²) in [4.78, 5) is 12.0. The normalized spacial score (nSPS) is 27.4. The lowest BCUT2D eigenvalue weighted by Gasteiger charge is -2.26. The molecule has 0 heterocycles. The fourth-order valence-corrected chi connectivity index (χ4v) is 2.56. The highest BCUT2D eigenvalue weighted by atomic mass is 16.2. The zero-order valence-electron chi connectivity index (χ0n) is 12.7. The summed E-state index contributed by atoms with van der Waals surface area (Å²) in [6.07, 6.45) is 6.31. The summed E-state index contributed by atoms with van der Waals surface area (Å²) in [7, 11) is 0. The first-order valence-electron chi connectivity index (χ1n) is 7.36. The molecule has 1 fully saturated rings. The highest BCUT2D eigenvalue weighted by Gasteiger charge is 2.23. The molecule has 18 heavy (non-hydrogen) atoms. The van der Waals surface area contributed by atoms with Crippen LogP contribution in [0, 0.1) is 5.92 Å². The van der Waals surface area contributed by atoms with Gasteiger partial charge in [0.25, 0.3) is 0 Å². The third kappa shape index (κ3) is 5.85. The van der Waals surface area contributed by atoms with E-state index in [2.05, 4.69) is 17.6 Å². The van der Waals surface area contributed by atoms with E-state index < -0.39 is 0 Å². The van der Waals surface area contributed by atoms with Gasteiger partial charge in [0.15, 0.2) is 0 Å². The molecule has 2 N–H and O–H groups in total. The van der Waals surface area contributed by atoms with Crippen LogP contribution in [0.5, 0.6) is 0 Å². The minimum Gasteiger partial charge on any atom is -0.350 e. The molecule has 0 aliphatic heterocycles. The molecule has 1 rings (SSSR count). The number of amides is 1. The predicted octanol–water partition coefficient (Wildman–Crippen LogP) is 2.85. The number of carbonyl (C=O) groups is 1. The summed E-state index contributed by atoms with van der Waals surface area (Å²) in [6.45, 7) is 10.4. The van der Waals surface area contributed by atoms with Gasteiger partial charge in [-0.3, -0.25) is 4.79 Å². The molecule has 0 saturated heterocycles. The average Bonchev–Trinajstić information content (AvgIpc) is 2.41. The first-order valence-corrected chi connectivity index (χ1v) is 7.36. The Bertz CT molecular complexity index is 270. The zero-order valence-corrected chi connectivity index (χ0v) is 12.7. The summed E-state index contributed by atoms with van der Waals surface area (Å²) in [5.74, 6) is 0.954. The van der Waals surface area contributed by atoms with Crippen LogP contribution in [0.15, 0.2) is 0 Å². The molecule has 3 nitrogen and oxygen atoms in total. The van der Waals surface area contributed by atoms with Crippen LogP contribution < -0.4 is 10.6 Å². The van der Waals surface area contributed by atoms with Crippen molar-refractivity contribution in [2.45, 2.75) is 84.3 Å². The van der Waals surface area contributed by atoms with Crippen molar-refractivity contribution in [2.24, 2.45) is 5.92 Å². The summed E-state index contributed by atoms with van der Waals surface area (Å²) in [5, 5.41) is 6.52. The number of nitrogens with one attached hydrogen (secondary N) is 2. The number of rotatable bonds is 3. The smallest absolute Gasteiger partial charge is 0.237 e. The molecule has 3 unspecified atom stereocenters. The van der Waals surface area contributed by atoms with Crippen molar-refractivity contribution < 1.29 is 4.79 Å². The third-order valence-corrected chi connectivity index (χ3v) is 3.63. The van der Waals surface area contributed by atoms with E-state index in [-0.39, 0.29) is 17.5 Å². The van der Waals surface area contributed by atoms with Crippen LogP contribution in [0.3, 0.4) is 0 Å². The van der Waals surface area contributed by atoms with Crippen LogP contribution in [-0.4, -0.2) is 23.5 Å². The van der Waals surface area contributed by atoms with E-state index in [1.165, 1.54) is 32.1 Å². The van der Waals surface area contributed by atoms with Crippen LogP contribution in [0.1, 0.15) is 66.7 Å². The van der Waals surface area contributed by atoms with Crippen LogP contribution in [0.4, 0.5) is 0 Å². The number of carbonyl (C=O) groups excluding carboxylic acids is 1. The van der Waals surface area contributed by atoms with Gasteiger partial charge < -0.3 is 10.6 Å². The largest absolute Gasteiger partial charge is 0.350 e. The molecule has 0 aromatic carbocycles. The Morgan fingerprint density at radius 2 is 1.83 bits per heavy atom. The average molecular weight is 254 g/mol. The van der Waals surface area contributed by atoms with Crippen molar-refractivity contribution in [1.82, 2.24) is 10.6 Å². The fourth-order valence-electron chi connectivity index (χ4n) is 2.56. The van der Waals surface area contributed by atoms with Gasteiger partial charge in [-0.25, -0.2) is 0 Å². The molecule has 1 aliphatic carbocycles. The van der Waals surface area contributed by atoms with Gasteiger partial charge in [-0.1, -0.05) is 19.8 Å². The molecule has 0 aromatic rings. The lowest BCUT2D eigenvalue weighted by molar-refractivity contribution is -0.124. The Morgan fingerprint density at radius 3 is 2.44 bits per heavy atom.